The third-order valence-electron chi connectivity index (χ3n) is 3.96. The Balaban J connectivity index is 1.89. The summed E-state index contributed by atoms with van der Waals surface area (Å²) in [5, 5.41) is 21.4. The van der Waals surface area contributed by atoms with E-state index in [2.05, 4.69) is 20.7 Å². The summed E-state index contributed by atoms with van der Waals surface area (Å²) in [6.07, 6.45) is 2.89. The molecular weight excluding hydrogens is 370 g/mol. The van der Waals surface area contributed by atoms with Gasteiger partial charge in [0.1, 0.15) is 0 Å². The molecule has 1 aromatic carbocycles. The smallest absolute Gasteiger partial charge is 0.337 e. The SMILES string of the molecule is CNCCOCCn1nc(Nc2cnccc2C(=O)O)c2cc(Cl)ccc21. The van der Waals surface area contributed by atoms with E-state index in [1.807, 2.05) is 17.8 Å². The van der Waals surface area contributed by atoms with E-state index < -0.39 is 5.97 Å². The van der Waals surface area contributed by atoms with E-state index in [0.29, 0.717) is 36.3 Å². The van der Waals surface area contributed by atoms with E-state index in [1.165, 1.54) is 18.5 Å². The highest BCUT2D eigenvalue weighted by Gasteiger charge is 2.15. The van der Waals surface area contributed by atoms with Crippen molar-refractivity contribution in [3.05, 3.63) is 47.2 Å². The molecule has 0 spiro atoms. The Kier molecular flexibility index (Phi) is 6.23. The number of aromatic nitrogens is 3. The van der Waals surface area contributed by atoms with Gasteiger partial charge in [0.15, 0.2) is 5.82 Å². The standard InChI is InChI=1S/C18H20ClN5O3/c1-20-6-8-27-9-7-24-16-3-2-12(19)10-14(16)17(23-24)22-15-11-21-5-4-13(15)18(25)26/h2-5,10-11,20H,6-9H2,1H3,(H,22,23)(H,25,26). The van der Waals surface area contributed by atoms with Crippen LogP contribution in [0.25, 0.3) is 10.9 Å². The first-order valence-electron chi connectivity index (χ1n) is 8.43. The third kappa shape index (κ3) is 4.54. The number of rotatable bonds is 9. The second kappa shape index (κ2) is 8.81. The highest BCUT2D eigenvalue weighted by Crippen LogP contribution is 2.29. The lowest BCUT2D eigenvalue weighted by Crippen LogP contribution is -2.16. The molecule has 2 heterocycles. The number of nitrogens with zero attached hydrogens (tertiary/aromatic N) is 3. The highest BCUT2D eigenvalue weighted by molar-refractivity contribution is 6.31. The van der Waals surface area contributed by atoms with E-state index in [1.54, 1.807) is 12.1 Å². The maximum absolute atomic E-state index is 11.4. The maximum Gasteiger partial charge on any atom is 0.337 e. The molecule has 142 valence electrons. The first kappa shape index (κ1) is 19.1. The quantitative estimate of drug-likeness (QED) is 0.483. The van der Waals surface area contributed by atoms with Crippen molar-refractivity contribution in [3.63, 3.8) is 0 Å². The number of benzene rings is 1. The van der Waals surface area contributed by atoms with Gasteiger partial charge in [-0.2, -0.15) is 5.10 Å². The van der Waals surface area contributed by atoms with Crippen molar-refractivity contribution in [1.82, 2.24) is 20.1 Å². The van der Waals surface area contributed by atoms with Crippen LogP contribution in [0.15, 0.2) is 36.7 Å². The van der Waals surface area contributed by atoms with Gasteiger partial charge in [-0.1, -0.05) is 11.6 Å². The van der Waals surface area contributed by atoms with Gasteiger partial charge in [-0.3, -0.25) is 9.67 Å². The van der Waals surface area contributed by atoms with Crippen molar-refractivity contribution in [2.75, 3.05) is 32.1 Å². The van der Waals surface area contributed by atoms with Crippen LogP contribution in [0.2, 0.25) is 5.02 Å². The Morgan fingerprint density at radius 3 is 2.96 bits per heavy atom. The van der Waals surface area contributed by atoms with Crippen LogP contribution >= 0.6 is 11.6 Å². The Labute approximate surface area is 161 Å². The number of halogens is 1. The number of carboxylic acids is 1. The molecule has 8 nitrogen and oxygen atoms in total. The zero-order chi connectivity index (χ0) is 19.2. The van der Waals surface area contributed by atoms with Crippen molar-refractivity contribution < 1.29 is 14.6 Å². The van der Waals surface area contributed by atoms with Gasteiger partial charge in [-0.25, -0.2) is 4.79 Å². The summed E-state index contributed by atoms with van der Waals surface area (Å²) in [5.74, 6) is -0.530. The summed E-state index contributed by atoms with van der Waals surface area (Å²) in [4.78, 5) is 15.4. The van der Waals surface area contributed by atoms with Crippen molar-refractivity contribution in [3.8, 4) is 0 Å². The molecule has 0 aliphatic carbocycles. The summed E-state index contributed by atoms with van der Waals surface area (Å²) in [6, 6.07) is 6.90. The van der Waals surface area contributed by atoms with Gasteiger partial charge in [-0.15, -0.1) is 0 Å². The van der Waals surface area contributed by atoms with Crippen LogP contribution in [0.1, 0.15) is 10.4 Å². The number of nitrogens with one attached hydrogen (secondary N) is 2. The van der Waals surface area contributed by atoms with E-state index in [9.17, 15) is 9.90 Å². The Hall–Kier alpha value is -2.68. The van der Waals surface area contributed by atoms with Gasteiger partial charge in [-0.05, 0) is 31.3 Å². The predicted molar refractivity (Wildman–Crippen MR) is 104 cm³/mol. The average molecular weight is 390 g/mol. The molecule has 3 rings (SSSR count). The molecule has 0 bridgehead atoms. The van der Waals surface area contributed by atoms with E-state index in [4.69, 9.17) is 16.3 Å². The second-order valence-electron chi connectivity index (χ2n) is 5.80. The van der Waals surface area contributed by atoms with Gasteiger partial charge >= 0.3 is 5.97 Å². The fourth-order valence-electron chi connectivity index (χ4n) is 2.65. The van der Waals surface area contributed by atoms with Crippen molar-refractivity contribution >= 4 is 40.0 Å². The van der Waals surface area contributed by atoms with Crippen LogP contribution in [0.5, 0.6) is 0 Å². The monoisotopic (exact) mass is 389 g/mol. The summed E-state index contributed by atoms with van der Waals surface area (Å²) in [7, 11) is 1.87. The molecule has 0 saturated carbocycles. The van der Waals surface area contributed by atoms with E-state index in [-0.39, 0.29) is 5.56 Å². The summed E-state index contributed by atoms with van der Waals surface area (Å²) in [5.41, 5.74) is 1.35. The minimum Gasteiger partial charge on any atom is -0.478 e. The van der Waals surface area contributed by atoms with Crippen LogP contribution in [-0.2, 0) is 11.3 Å². The van der Waals surface area contributed by atoms with Crippen molar-refractivity contribution in [1.29, 1.82) is 0 Å². The van der Waals surface area contributed by atoms with Gasteiger partial charge < -0.3 is 20.5 Å². The predicted octanol–water partition coefficient (Wildman–Crippen LogP) is 2.76. The zero-order valence-corrected chi connectivity index (χ0v) is 15.5. The van der Waals surface area contributed by atoms with Gasteiger partial charge in [0.05, 0.1) is 42.7 Å². The highest BCUT2D eigenvalue weighted by atomic mass is 35.5. The number of carbonyl (C=O) groups is 1. The first-order valence-corrected chi connectivity index (χ1v) is 8.80. The maximum atomic E-state index is 11.4. The number of hydrogen-bond donors (Lipinski definition) is 3. The Morgan fingerprint density at radius 1 is 1.33 bits per heavy atom. The molecule has 9 heteroatoms. The van der Waals surface area contributed by atoms with Gasteiger partial charge in [0.2, 0.25) is 0 Å². The number of anilines is 2. The first-order chi connectivity index (χ1) is 13.1. The zero-order valence-electron chi connectivity index (χ0n) is 14.8. The minimum atomic E-state index is -1.04. The summed E-state index contributed by atoms with van der Waals surface area (Å²) in [6.45, 7) is 2.46. The van der Waals surface area contributed by atoms with Crippen molar-refractivity contribution in [2.45, 2.75) is 6.54 Å². The number of ether oxygens (including phenoxy) is 1. The lowest BCUT2D eigenvalue weighted by atomic mass is 10.2. The number of likely N-dealkylation sites (N-methyl/N-ethyl adjacent to an activating group) is 1. The van der Waals surface area contributed by atoms with Gasteiger partial charge in [0.25, 0.3) is 0 Å². The lowest BCUT2D eigenvalue weighted by Gasteiger charge is -2.07. The van der Waals surface area contributed by atoms with Crippen molar-refractivity contribution in [2.24, 2.45) is 0 Å². The largest absolute Gasteiger partial charge is 0.478 e. The van der Waals surface area contributed by atoms with Crippen LogP contribution in [0, 0.1) is 0 Å². The fourth-order valence-corrected chi connectivity index (χ4v) is 2.82. The second-order valence-corrected chi connectivity index (χ2v) is 6.24. The van der Waals surface area contributed by atoms with Crippen LogP contribution in [0.4, 0.5) is 11.5 Å². The molecule has 2 aromatic heterocycles. The molecule has 0 aliphatic rings. The molecule has 3 aromatic rings. The summed E-state index contributed by atoms with van der Waals surface area (Å²) >= 11 is 6.14. The minimum absolute atomic E-state index is 0.116. The topological polar surface area (TPSA) is 101 Å². The molecule has 0 aliphatic heterocycles. The van der Waals surface area contributed by atoms with Crippen LogP contribution in [0.3, 0.4) is 0 Å². The molecule has 3 N–H and O–H groups in total. The summed E-state index contributed by atoms with van der Waals surface area (Å²) < 4.78 is 7.38. The molecule has 0 fully saturated rings. The fraction of sp³-hybridized carbons (Fsp3) is 0.278. The molecular formula is C18H20ClN5O3. The Morgan fingerprint density at radius 2 is 2.19 bits per heavy atom. The third-order valence-corrected chi connectivity index (χ3v) is 4.20. The van der Waals surface area contributed by atoms with Crippen LogP contribution in [-0.4, -0.2) is 52.6 Å². The van der Waals surface area contributed by atoms with Gasteiger partial charge in [0, 0.05) is 23.2 Å². The molecule has 0 saturated heterocycles. The Bertz CT molecular complexity index is 944. The molecule has 0 radical (unpaired) electrons. The number of carboxylic acid groups (broad SMARTS) is 1. The normalized spacial score (nSPS) is 11.0. The average Bonchev–Trinajstić information content (AvgIpc) is 2.98. The number of hydrogen-bond acceptors (Lipinski definition) is 6. The van der Waals surface area contributed by atoms with E-state index in [0.717, 1.165) is 17.4 Å². The number of fused-ring (bicyclic) bond motifs is 1. The lowest BCUT2D eigenvalue weighted by molar-refractivity contribution is 0.0698. The molecule has 27 heavy (non-hydrogen) atoms. The van der Waals surface area contributed by atoms with Crippen LogP contribution < -0.4 is 10.6 Å². The number of aromatic carboxylic acids is 1. The molecule has 0 amide bonds. The molecule has 0 atom stereocenters. The van der Waals surface area contributed by atoms with E-state index >= 15 is 0 Å². The molecule has 0 unspecified atom stereocenters. The number of pyridine rings is 1.